The smallest absolute Gasteiger partial charge is 0.253 e. The van der Waals surface area contributed by atoms with Crippen LogP contribution in [0.1, 0.15) is 22.8 Å². The Labute approximate surface area is 204 Å². The molecule has 0 saturated heterocycles. The van der Waals surface area contributed by atoms with E-state index in [0.717, 1.165) is 41.8 Å². The minimum absolute atomic E-state index is 0. The number of benzene rings is 2. The van der Waals surface area contributed by atoms with Gasteiger partial charge in [-0.15, -0.1) is 24.0 Å². The van der Waals surface area contributed by atoms with Gasteiger partial charge < -0.3 is 20.9 Å². The first kappa shape index (κ1) is 24.9. The second kappa shape index (κ2) is 12.5. The third kappa shape index (κ3) is 7.35. The van der Waals surface area contributed by atoms with Crippen molar-refractivity contribution in [3.63, 3.8) is 0 Å². The molecule has 31 heavy (non-hydrogen) atoms. The van der Waals surface area contributed by atoms with Gasteiger partial charge in [-0.3, -0.25) is 4.79 Å². The molecule has 0 aliphatic heterocycles. The predicted octanol–water partition coefficient (Wildman–Crippen LogP) is 3.78. The number of hydrogen-bond donors (Lipinski definition) is 3. The zero-order chi connectivity index (χ0) is 21.3. The third-order valence-corrected chi connectivity index (χ3v) is 5.35. The van der Waals surface area contributed by atoms with Gasteiger partial charge in [-0.25, -0.2) is 9.98 Å². The van der Waals surface area contributed by atoms with Gasteiger partial charge in [0.15, 0.2) is 11.1 Å². The maximum atomic E-state index is 12.0. The number of aliphatic imine (C=N–C) groups is 1. The van der Waals surface area contributed by atoms with Crippen LogP contribution in [-0.2, 0) is 6.54 Å². The van der Waals surface area contributed by atoms with Gasteiger partial charge in [-0.05, 0) is 36.8 Å². The van der Waals surface area contributed by atoms with E-state index in [1.807, 2.05) is 49.4 Å². The van der Waals surface area contributed by atoms with Gasteiger partial charge in [0.25, 0.3) is 5.91 Å². The van der Waals surface area contributed by atoms with Gasteiger partial charge in [0.1, 0.15) is 0 Å². The predicted molar refractivity (Wildman–Crippen MR) is 141 cm³/mol. The fourth-order valence-electron chi connectivity index (χ4n) is 2.82. The van der Waals surface area contributed by atoms with Gasteiger partial charge in [0.2, 0.25) is 0 Å². The highest BCUT2D eigenvalue weighted by Gasteiger charge is 2.07. The third-order valence-electron chi connectivity index (χ3n) is 4.36. The van der Waals surface area contributed by atoms with Crippen molar-refractivity contribution < 1.29 is 4.79 Å². The zero-order valence-electron chi connectivity index (χ0n) is 18.0. The maximum Gasteiger partial charge on any atom is 0.253 e. The summed E-state index contributed by atoms with van der Waals surface area (Å²) in [5.74, 6) is 0.762. The number of carbonyl (C=O) groups excluding carboxylic acids is 1. The second-order valence-electron chi connectivity index (χ2n) is 6.93. The summed E-state index contributed by atoms with van der Waals surface area (Å²) in [6, 6.07) is 15.7. The summed E-state index contributed by atoms with van der Waals surface area (Å²) in [7, 11) is 3.50. The standard InChI is InChI=1S/C22H28N6OS.HI/c1-4-23-21(26-15-16-9-11-17(12-10-16)20(29)28(2)3)24-13-14-25-22-27-18-7-5-6-8-19(18)30-22;/h5-12H,4,13-15H2,1-3H3,(H,25,27)(H2,23,24,26);1H. The van der Waals surface area contributed by atoms with E-state index >= 15 is 0 Å². The number of rotatable bonds is 8. The van der Waals surface area contributed by atoms with Crippen molar-refractivity contribution in [2.24, 2.45) is 4.99 Å². The number of hydrogen-bond acceptors (Lipinski definition) is 5. The van der Waals surface area contributed by atoms with Crippen LogP contribution in [0.3, 0.4) is 0 Å². The first-order valence-electron chi connectivity index (χ1n) is 9.99. The second-order valence-corrected chi connectivity index (χ2v) is 7.96. The molecule has 0 fully saturated rings. The Morgan fingerprint density at radius 3 is 2.48 bits per heavy atom. The Hall–Kier alpha value is -2.40. The average Bonchev–Trinajstić information content (AvgIpc) is 3.17. The first-order valence-corrected chi connectivity index (χ1v) is 10.8. The number of para-hydroxylation sites is 1. The highest BCUT2D eigenvalue weighted by Crippen LogP contribution is 2.24. The minimum atomic E-state index is 0. The molecule has 166 valence electrons. The molecule has 0 spiro atoms. The Morgan fingerprint density at radius 1 is 1.06 bits per heavy atom. The molecule has 2 aromatic carbocycles. The quantitative estimate of drug-likeness (QED) is 0.172. The Balaban J connectivity index is 0.00000341. The number of nitrogens with one attached hydrogen (secondary N) is 3. The Morgan fingerprint density at radius 2 is 1.81 bits per heavy atom. The molecule has 3 aromatic rings. The minimum Gasteiger partial charge on any atom is -0.360 e. The molecule has 0 bridgehead atoms. The Bertz CT molecular complexity index is 970. The van der Waals surface area contributed by atoms with Gasteiger partial charge in [-0.2, -0.15) is 0 Å². The topological polar surface area (TPSA) is 81.7 Å². The molecule has 1 aromatic heterocycles. The number of halogens is 1. The van der Waals surface area contributed by atoms with Crippen molar-refractivity contribution in [1.29, 1.82) is 0 Å². The van der Waals surface area contributed by atoms with E-state index in [9.17, 15) is 4.79 Å². The van der Waals surface area contributed by atoms with Crippen molar-refractivity contribution in [1.82, 2.24) is 20.5 Å². The van der Waals surface area contributed by atoms with E-state index in [0.29, 0.717) is 12.1 Å². The van der Waals surface area contributed by atoms with E-state index in [1.54, 1.807) is 30.3 Å². The number of nitrogens with zero attached hydrogens (tertiary/aromatic N) is 3. The lowest BCUT2D eigenvalue weighted by atomic mass is 10.1. The van der Waals surface area contributed by atoms with Crippen molar-refractivity contribution in [3.05, 3.63) is 59.7 Å². The summed E-state index contributed by atoms with van der Waals surface area (Å²) >= 11 is 1.66. The lowest BCUT2D eigenvalue weighted by Crippen LogP contribution is -2.39. The van der Waals surface area contributed by atoms with Crippen LogP contribution in [0.15, 0.2) is 53.5 Å². The lowest BCUT2D eigenvalue weighted by molar-refractivity contribution is 0.0827. The summed E-state index contributed by atoms with van der Waals surface area (Å²) in [5.41, 5.74) is 2.75. The molecule has 0 aliphatic carbocycles. The molecule has 7 nitrogen and oxygen atoms in total. The lowest BCUT2D eigenvalue weighted by Gasteiger charge is -2.12. The van der Waals surface area contributed by atoms with Gasteiger partial charge in [0.05, 0.1) is 16.8 Å². The van der Waals surface area contributed by atoms with E-state index < -0.39 is 0 Å². The van der Waals surface area contributed by atoms with E-state index in [-0.39, 0.29) is 29.9 Å². The number of guanidine groups is 1. The molecule has 3 N–H and O–H groups in total. The number of anilines is 1. The summed E-state index contributed by atoms with van der Waals surface area (Å²) in [6.45, 7) is 4.83. The largest absolute Gasteiger partial charge is 0.360 e. The number of amides is 1. The molecule has 0 atom stereocenters. The summed E-state index contributed by atoms with van der Waals surface area (Å²) in [4.78, 5) is 22.8. The maximum absolute atomic E-state index is 12.0. The molecular weight excluding hydrogens is 523 g/mol. The fraction of sp³-hybridized carbons (Fsp3) is 0.318. The molecular formula is C22H29IN6OS. The van der Waals surface area contributed by atoms with E-state index in [2.05, 4.69) is 32.0 Å². The normalized spacial score (nSPS) is 11.0. The van der Waals surface area contributed by atoms with Crippen LogP contribution in [0, 0.1) is 0 Å². The van der Waals surface area contributed by atoms with Crippen molar-refractivity contribution in [2.75, 3.05) is 39.0 Å². The van der Waals surface area contributed by atoms with Crippen LogP contribution in [-0.4, -0.2) is 55.5 Å². The number of aromatic nitrogens is 1. The van der Waals surface area contributed by atoms with E-state index in [1.165, 1.54) is 4.70 Å². The average molecular weight is 552 g/mol. The number of carbonyl (C=O) groups is 1. The summed E-state index contributed by atoms with van der Waals surface area (Å²) in [5, 5.41) is 10.9. The van der Waals surface area contributed by atoms with Crippen molar-refractivity contribution in [3.8, 4) is 0 Å². The van der Waals surface area contributed by atoms with Gasteiger partial charge in [0, 0.05) is 39.3 Å². The fourth-order valence-corrected chi connectivity index (χ4v) is 3.71. The SMILES string of the molecule is CCNC(=NCc1ccc(C(=O)N(C)C)cc1)NCCNc1nc2ccccc2s1.I. The molecule has 9 heteroatoms. The molecule has 3 rings (SSSR count). The highest BCUT2D eigenvalue weighted by atomic mass is 127. The van der Waals surface area contributed by atoms with Crippen LogP contribution >= 0.6 is 35.3 Å². The molecule has 0 radical (unpaired) electrons. The zero-order valence-corrected chi connectivity index (χ0v) is 21.2. The summed E-state index contributed by atoms with van der Waals surface area (Å²) < 4.78 is 1.18. The molecule has 1 heterocycles. The van der Waals surface area contributed by atoms with Gasteiger partial charge in [-0.1, -0.05) is 35.6 Å². The van der Waals surface area contributed by atoms with Crippen LogP contribution in [0.4, 0.5) is 5.13 Å². The Kier molecular flexibility index (Phi) is 9.99. The molecule has 0 unspecified atom stereocenters. The van der Waals surface area contributed by atoms with Crippen LogP contribution in [0.2, 0.25) is 0 Å². The number of fused-ring (bicyclic) bond motifs is 1. The van der Waals surface area contributed by atoms with E-state index in [4.69, 9.17) is 0 Å². The summed E-state index contributed by atoms with van der Waals surface area (Å²) in [6.07, 6.45) is 0. The molecule has 0 aliphatic rings. The highest BCUT2D eigenvalue weighted by molar-refractivity contribution is 14.0. The molecule has 1 amide bonds. The molecule has 0 saturated carbocycles. The van der Waals surface area contributed by atoms with Crippen LogP contribution in [0.5, 0.6) is 0 Å². The monoisotopic (exact) mass is 552 g/mol. The van der Waals surface area contributed by atoms with Gasteiger partial charge >= 0.3 is 0 Å². The van der Waals surface area contributed by atoms with Crippen LogP contribution in [0.25, 0.3) is 10.2 Å². The van der Waals surface area contributed by atoms with Crippen LogP contribution < -0.4 is 16.0 Å². The van der Waals surface area contributed by atoms with Crippen molar-refractivity contribution in [2.45, 2.75) is 13.5 Å². The van der Waals surface area contributed by atoms with Crippen molar-refractivity contribution >= 4 is 62.5 Å². The first-order chi connectivity index (χ1) is 14.6. The number of thiazole rings is 1.